The van der Waals surface area contributed by atoms with Crippen molar-refractivity contribution < 1.29 is 24.1 Å². The highest BCUT2D eigenvalue weighted by Crippen LogP contribution is 2.46. The van der Waals surface area contributed by atoms with Crippen molar-refractivity contribution in [2.75, 3.05) is 33.4 Å². The molecule has 0 bridgehead atoms. The van der Waals surface area contributed by atoms with Crippen molar-refractivity contribution >= 4 is 17.2 Å². The zero-order valence-electron chi connectivity index (χ0n) is 21.2. The van der Waals surface area contributed by atoms with E-state index in [1.807, 2.05) is 60.4 Å². The first kappa shape index (κ1) is 26.2. The number of aliphatic hydroxyl groups is 1. The Labute approximate surface area is 217 Å². The minimum Gasteiger partial charge on any atom is -0.493 e. The van der Waals surface area contributed by atoms with Gasteiger partial charge in [-0.3, -0.25) is 4.79 Å². The second-order valence-corrected chi connectivity index (χ2v) is 10.4. The van der Waals surface area contributed by atoms with E-state index in [4.69, 9.17) is 14.2 Å². The van der Waals surface area contributed by atoms with Crippen LogP contribution in [0, 0.1) is 5.41 Å². The molecule has 36 heavy (non-hydrogen) atoms. The summed E-state index contributed by atoms with van der Waals surface area (Å²) in [7, 11) is 1.63. The number of hydrogen-bond donors (Lipinski definition) is 1. The van der Waals surface area contributed by atoms with Crippen LogP contribution in [0.5, 0.6) is 11.5 Å². The smallest absolute Gasteiger partial charge is 0.248 e. The van der Waals surface area contributed by atoms with Gasteiger partial charge in [0.05, 0.1) is 26.4 Å². The highest BCUT2D eigenvalue weighted by molar-refractivity contribution is 7.07. The number of carbonyl (C=O) groups excluding carboxylic acids is 1. The van der Waals surface area contributed by atoms with E-state index in [2.05, 4.69) is 16.8 Å². The van der Waals surface area contributed by atoms with Gasteiger partial charge in [0.25, 0.3) is 0 Å². The number of methoxy groups -OCH3 is 1. The normalized spacial score (nSPS) is 20.3. The highest BCUT2D eigenvalue weighted by Gasteiger charge is 2.48. The lowest BCUT2D eigenvalue weighted by Gasteiger charge is -2.33. The number of carbonyl (C=O) groups is 1. The molecule has 0 saturated carbocycles. The van der Waals surface area contributed by atoms with Crippen molar-refractivity contribution in [2.45, 2.75) is 38.9 Å². The van der Waals surface area contributed by atoms with Crippen LogP contribution in [-0.2, 0) is 22.6 Å². The molecule has 1 fully saturated rings. The van der Waals surface area contributed by atoms with E-state index in [0.29, 0.717) is 37.8 Å². The summed E-state index contributed by atoms with van der Waals surface area (Å²) in [5, 5.41) is 14.9. The zero-order valence-corrected chi connectivity index (χ0v) is 22.0. The quantitative estimate of drug-likeness (QED) is 0.398. The van der Waals surface area contributed by atoms with Gasteiger partial charge in [0.15, 0.2) is 11.5 Å². The third-order valence-electron chi connectivity index (χ3n) is 7.19. The molecule has 192 valence electrons. The molecule has 1 amide bonds. The summed E-state index contributed by atoms with van der Waals surface area (Å²) in [5.41, 5.74) is 2.79. The van der Waals surface area contributed by atoms with Crippen LogP contribution in [0.15, 0.2) is 65.4 Å². The van der Waals surface area contributed by atoms with Crippen molar-refractivity contribution in [1.82, 2.24) is 4.90 Å². The van der Waals surface area contributed by atoms with E-state index in [9.17, 15) is 9.90 Å². The molecule has 3 aromatic rings. The number of likely N-dealkylation sites (tertiary alicyclic amines) is 1. The van der Waals surface area contributed by atoms with Gasteiger partial charge in [-0.25, -0.2) is 0 Å². The standard InChI is InChI=1S/C29H35NO5S/c1-21(31)29(2)20-30(28(32)18-34-17-22-7-5-4-6-8-22)16-25(29)24-9-10-26(33-3)27(15-24)35-13-11-23-12-14-36-19-23/h4-10,12,14-15,19,21,25,31H,11,13,16-18,20H2,1-3H3/t21-,25+,29+/m1/s1. The molecular weight excluding hydrogens is 474 g/mol. The fraction of sp³-hybridized carbons (Fsp3) is 0.414. The Kier molecular flexibility index (Phi) is 8.67. The topological polar surface area (TPSA) is 68.2 Å². The summed E-state index contributed by atoms with van der Waals surface area (Å²) < 4.78 is 17.4. The SMILES string of the molecule is COc1ccc([C@@H]2CN(C(=O)COCc3ccccc3)C[C@@]2(C)[C@@H](C)O)cc1OCCc1ccsc1. The van der Waals surface area contributed by atoms with Crippen LogP contribution < -0.4 is 9.47 Å². The monoisotopic (exact) mass is 509 g/mol. The second kappa shape index (κ2) is 11.9. The molecule has 1 aliphatic rings. The summed E-state index contributed by atoms with van der Waals surface area (Å²) in [6.07, 6.45) is 0.215. The summed E-state index contributed by atoms with van der Waals surface area (Å²) in [5.74, 6) is 1.22. The molecule has 7 heteroatoms. The molecule has 1 saturated heterocycles. The predicted molar refractivity (Wildman–Crippen MR) is 142 cm³/mol. The number of amides is 1. The molecule has 3 atom stereocenters. The van der Waals surface area contributed by atoms with E-state index >= 15 is 0 Å². The van der Waals surface area contributed by atoms with Crippen LogP contribution in [0.3, 0.4) is 0 Å². The first-order valence-corrected chi connectivity index (χ1v) is 13.2. The maximum atomic E-state index is 13.0. The van der Waals surface area contributed by atoms with E-state index in [0.717, 1.165) is 17.5 Å². The van der Waals surface area contributed by atoms with Crippen LogP contribution in [0.4, 0.5) is 0 Å². The Morgan fingerprint density at radius 3 is 2.67 bits per heavy atom. The largest absolute Gasteiger partial charge is 0.493 e. The van der Waals surface area contributed by atoms with E-state index in [1.165, 1.54) is 5.56 Å². The zero-order chi connectivity index (χ0) is 25.5. The molecule has 1 aromatic heterocycles. The first-order valence-electron chi connectivity index (χ1n) is 12.3. The molecule has 6 nitrogen and oxygen atoms in total. The van der Waals surface area contributed by atoms with Gasteiger partial charge in [0, 0.05) is 30.8 Å². The number of nitrogens with zero attached hydrogens (tertiary/aromatic N) is 1. The lowest BCUT2D eigenvalue weighted by Crippen LogP contribution is -2.38. The van der Waals surface area contributed by atoms with Crippen molar-refractivity contribution in [2.24, 2.45) is 5.41 Å². The third-order valence-corrected chi connectivity index (χ3v) is 7.93. The minimum atomic E-state index is -0.601. The molecule has 1 aliphatic heterocycles. The predicted octanol–water partition coefficient (Wildman–Crippen LogP) is 4.91. The van der Waals surface area contributed by atoms with E-state index in [1.54, 1.807) is 25.4 Å². The molecule has 4 rings (SSSR count). The van der Waals surface area contributed by atoms with Gasteiger partial charge in [-0.1, -0.05) is 43.3 Å². The molecule has 0 unspecified atom stereocenters. The van der Waals surface area contributed by atoms with Gasteiger partial charge in [0.2, 0.25) is 5.91 Å². The van der Waals surface area contributed by atoms with Gasteiger partial charge < -0.3 is 24.2 Å². The summed E-state index contributed by atoms with van der Waals surface area (Å²) >= 11 is 1.68. The van der Waals surface area contributed by atoms with Crippen molar-refractivity contribution in [3.05, 3.63) is 82.0 Å². The van der Waals surface area contributed by atoms with Crippen LogP contribution >= 0.6 is 11.3 Å². The minimum absolute atomic E-state index is 0.0110. The van der Waals surface area contributed by atoms with Gasteiger partial charge >= 0.3 is 0 Å². The maximum absolute atomic E-state index is 13.0. The summed E-state index contributed by atoms with van der Waals surface area (Å²) in [6.45, 7) is 5.76. The van der Waals surface area contributed by atoms with Gasteiger partial charge in [-0.15, -0.1) is 0 Å². The summed E-state index contributed by atoms with van der Waals surface area (Å²) in [6, 6.07) is 17.8. The van der Waals surface area contributed by atoms with Crippen LogP contribution in [0.25, 0.3) is 0 Å². The van der Waals surface area contributed by atoms with Crippen molar-refractivity contribution in [1.29, 1.82) is 0 Å². The molecule has 0 aliphatic carbocycles. The maximum Gasteiger partial charge on any atom is 0.248 e. The third kappa shape index (κ3) is 6.09. The first-order chi connectivity index (χ1) is 17.4. The van der Waals surface area contributed by atoms with Crippen LogP contribution in [0.1, 0.15) is 36.5 Å². The molecule has 0 spiro atoms. The van der Waals surface area contributed by atoms with Gasteiger partial charge in [-0.05, 0) is 52.6 Å². The molecule has 2 aromatic carbocycles. The highest BCUT2D eigenvalue weighted by atomic mass is 32.1. The molecule has 1 N–H and O–H groups in total. The van der Waals surface area contributed by atoms with E-state index < -0.39 is 11.5 Å². The summed E-state index contributed by atoms with van der Waals surface area (Å²) in [4.78, 5) is 14.8. The van der Waals surface area contributed by atoms with Crippen LogP contribution in [0.2, 0.25) is 0 Å². The Bertz CT molecular complexity index is 1120. The Morgan fingerprint density at radius 2 is 1.97 bits per heavy atom. The molecule has 0 radical (unpaired) electrons. The Morgan fingerprint density at radius 1 is 1.17 bits per heavy atom. The van der Waals surface area contributed by atoms with Crippen molar-refractivity contribution in [3.8, 4) is 11.5 Å². The average molecular weight is 510 g/mol. The average Bonchev–Trinajstić information content (AvgIpc) is 3.53. The number of aliphatic hydroxyl groups excluding tert-OH is 1. The fourth-order valence-corrected chi connectivity index (χ4v) is 5.48. The lowest BCUT2D eigenvalue weighted by atomic mass is 9.72. The molecule has 2 heterocycles. The number of benzene rings is 2. The lowest BCUT2D eigenvalue weighted by molar-refractivity contribution is -0.136. The Balaban J connectivity index is 1.45. The second-order valence-electron chi connectivity index (χ2n) is 9.63. The number of rotatable bonds is 11. The number of thiophene rings is 1. The molecular formula is C29H35NO5S. The fourth-order valence-electron chi connectivity index (χ4n) is 4.77. The van der Waals surface area contributed by atoms with Gasteiger partial charge in [-0.2, -0.15) is 11.3 Å². The Hall–Kier alpha value is -2.87. The number of hydrogen-bond acceptors (Lipinski definition) is 6. The van der Waals surface area contributed by atoms with Crippen LogP contribution in [-0.4, -0.2) is 55.4 Å². The van der Waals surface area contributed by atoms with Gasteiger partial charge in [0.1, 0.15) is 6.61 Å². The number of ether oxygens (including phenoxy) is 3. The van der Waals surface area contributed by atoms with E-state index in [-0.39, 0.29) is 18.4 Å². The van der Waals surface area contributed by atoms with Crippen molar-refractivity contribution in [3.63, 3.8) is 0 Å².